The summed E-state index contributed by atoms with van der Waals surface area (Å²) in [5.74, 6) is -1.41. The lowest BCUT2D eigenvalue weighted by molar-refractivity contribution is 0.00575. The van der Waals surface area contributed by atoms with Crippen molar-refractivity contribution in [3.05, 3.63) is 0 Å². The van der Waals surface area contributed by atoms with Crippen LogP contribution >= 0.6 is 0 Å². The Hall–Kier alpha value is 0. The highest BCUT2D eigenvalue weighted by Crippen LogP contribution is 2.50. The van der Waals surface area contributed by atoms with Crippen molar-refractivity contribution >= 4 is 0 Å². The summed E-state index contributed by atoms with van der Waals surface area (Å²) < 4.78 is 184. The molecule has 0 aromatic rings. The highest BCUT2D eigenvalue weighted by atomic mass is 14.5. The van der Waals surface area contributed by atoms with Crippen LogP contribution in [-0.4, -0.2) is 0 Å². The average Bonchev–Trinajstić information content (AvgIpc) is 3.18. The Kier molecular flexibility index (Phi) is 21.4. The van der Waals surface area contributed by atoms with E-state index in [-0.39, 0.29) is 23.7 Å². The minimum Gasteiger partial charge on any atom is -0.0654 e. The quantitative estimate of drug-likeness (QED) is 0.216. The van der Waals surface area contributed by atoms with Crippen molar-refractivity contribution < 1.29 is 34.3 Å². The van der Waals surface area contributed by atoms with Crippen molar-refractivity contribution in [1.82, 2.24) is 0 Å². The third-order valence-electron chi connectivity index (χ3n) is 10.6. The van der Waals surface area contributed by atoms with Gasteiger partial charge in [-0.25, -0.2) is 0 Å². The Labute approximate surface area is 433 Å². The summed E-state index contributed by atoms with van der Waals surface area (Å²) in [6.45, 7) is 53.6. The van der Waals surface area contributed by atoms with Gasteiger partial charge >= 0.3 is 0 Å². The first-order valence-corrected chi connectivity index (χ1v) is 23.5. The van der Waals surface area contributed by atoms with Crippen LogP contribution in [0.4, 0.5) is 0 Å². The molecule has 0 aliphatic rings. The zero-order valence-electron chi connectivity index (χ0n) is 73.4. The molecule has 0 bridgehead atoms. The topological polar surface area (TPSA) is 0 Å². The van der Waals surface area contributed by atoms with Crippen molar-refractivity contribution in [1.29, 1.82) is 0 Å². The van der Waals surface area contributed by atoms with Gasteiger partial charge in [-0.3, -0.25) is 0 Å². The molecule has 3 unspecified atom stereocenters. The summed E-state index contributed by atoms with van der Waals surface area (Å²) in [5.41, 5.74) is -3.25. The maximum absolute atomic E-state index is 7.76. The normalized spacial score (nSPS) is 23.5. The molecule has 0 heteroatoms. The molecule has 0 fully saturated rings. The lowest BCUT2D eigenvalue weighted by atomic mass is 9.56. The van der Waals surface area contributed by atoms with E-state index in [9.17, 15) is 0 Å². The molecule has 0 spiro atoms. The van der Waals surface area contributed by atoms with Crippen molar-refractivity contribution in [2.24, 2.45) is 60.0 Å². The molecule has 0 heterocycles. The summed E-state index contributed by atoms with van der Waals surface area (Å²) in [6, 6.07) is 0. The van der Waals surface area contributed by atoms with E-state index in [4.69, 9.17) is 34.3 Å². The summed E-state index contributed by atoms with van der Waals surface area (Å²) in [6.07, 6.45) is -5.16. The Bertz CT molecular complexity index is 1660. The predicted octanol–water partition coefficient (Wildman–Crippen LogP) is 24.2. The lowest BCUT2D eigenvalue weighted by Gasteiger charge is -2.49. The molecule has 0 N–H and O–H groups in total. The van der Waals surface area contributed by atoms with Crippen LogP contribution in [0.3, 0.4) is 0 Å². The third kappa shape index (κ3) is 58.0. The Morgan fingerprint density at radius 3 is 0.738 bits per heavy atom. The maximum Gasteiger partial charge on any atom is 0.0297 e. The molecule has 0 nitrogen and oxygen atoms in total. The smallest absolute Gasteiger partial charge is 0.0297 e. The Morgan fingerprint density at radius 1 is 0.393 bits per heavy atom. The minimum absolute atomic E-state index is 0.174. The van der Waals surface area contributed by atoms with Gasteiger partial charge in [-0.05, 0) is 72.9 Å². The fraction of sp³-hybridized carbons (Fsp3) is 1.00. The first-order chi connectivity index (χ1) is 36.0. The van der Waals surface area contributed by atoms with Gasteiger partial charge in [0.1, 0.15) is 0 Å². The van der Waals surface area contributed by atoms with Gasteiger partial charge in [-0.2, -0.15) is 0 Å². The van der Waals surface area contributed by atoms with E-state index in [1.165, 1.54) is 60.8 Å². The zero-order chi connectivity index (χ0) is 73.4. The van der Waals surface area contributed by atoms with Crippen LogP contribution < -0.4 is 0 Å². The first-order valence-electron chi connectivity index (χ1n) is 36.0. The van der Waals surface area contributed by atoms with Crippen LogP contribution in [0.5, 0.6) is 0 Å². The molecule has 0 saturated carbocycles. The van der Waals surface area contributed by atoms with E-state index >= 15 is 0 Å². The molecular weight excluding hydrogens is 733 g/mol. The molecule has 61 heavy (non-hydrogen) atoms. The fourth-order valence-electron chi connectivity index (χ4n) is 4.94. The molecule has 382 valence electrons. The highest BCUT2D eigenvalue weighted by molar-refractivity contribution is 4.91. The second-order valence-corrected chi connectivity index (χ2v) is 24.4. The number of hydrogen-bond acceptors (Lipinski definition) is 0. The largest absolute Gasteiger partial charge is 0.0654 e. The van der Waals surface area contributed by atoms with Gasteiger partial charge < -0.3 is 0 Å². The van der Waals surface area contributed by atoms with Crippen molar-refractivity contribution in [3.8, 4) is 0 Å². The van der Waals surface area contributed by atoms with Gasteiger partial charge in [-0.15, -0.1) is 0 Å². The van der Waals surface area contributed by atoms with Crippen molar-refractivity contribution in [2.75, 3.05) is 0 Å². The fourth-order valence-corrected chi connectivity index (χ4v) is 4.94. The summed E-state index contributed by atoms with van der Waals surface area (Å²) in [4.78, 5) is 0. The molecule has 0 rings (SSSR count). The standard InChI is InChI=1S/C11H24.3C9H20.C7H16.C6H14.2C5H12/c1-9(2,3)11(7,8)10(4,5)6;1-8(2,3)7-9(4,5)6;2*1-7-9(5,6)8(2,3)4;1-5-6-7(2,3)4;1-4-5-6(2)3;2*1-3-5-4-2/h1-8H3;3*7H2,1-6H3;5-6H2,1-4H3;6H,4-5H2,1-3H3;2*3-5H2,1-2H3/i1D3,7D3;;2*5D3;;4D2,5D2,6D;2*3D2,5D2. The van der Waals surface area contributed by atoms with Crippen LogP contribution in [-0.2, 0) is 0 Å². The summed E-state index contributed by atoms with van der Waals surface area (Å²) in [7, 11) is 0. The van der Waals surface area contributed by atoms with E-state index in [1.54, 1.807) is 41.5 Å². The third-order valence-corrected chi connectivity index (χ3v) is 10.6. The van der Waals surface area contributed by atoms with E-state index in [1.807, 2.05) is 69.2 Å². The predicted molar refractivity (Wildman–Crippen MR) is 298 cm³/mol. The second-order valence-electron chi connectivity index (χ2n) is 24.4. The summed E-state index contributed by atoms with van der Waals surface area (Å²) in [5, 5.41) is 0. The van der Waals surface area contributed by atoms with Crippen molar-refractivity contribution in [3.63, 3.8) is 0 Å². The maximum atomic E-state index is 7.76. The van der Waals surface area contributed by atoms with Crippen LogP contribution in [0, 0.1) is 60.0 Å². The summed E-state index contributed by atoms with van der Waals surface area (Å²) >= 11 is 0. The van der Waals surface area contributed by atoms with Gasteiger partial charge in [0.25, 0.3) is 0 Å². The molecule has 3 atom stereocenters. The van der Waals surface area contributed by atoms with Gasteiger partial charge in [-0.1, -0.05) is 326 Å². The van der Waals surface area contributed by atoms with E-state index in [2.05, 4.69) is 69.2 Å². The SMILES string of the molecule is CC(C)(C)CC(C)(C)C.CCCC(C)(C)C.[2H]C([2H])(C)C([2H])([2H])C([2H])(C)C.[2H]C([2H])(C)C([2H])([2H])CC.[2H]C([2H])(C)C([2H])([2H])CC.[2H]C([2H])([2H])C(C)(C)C(C)(C([2H])([2H])[2H])C(C)(C)C.[2H]C([2H])([2H])C(C)(CC)C(C)(C)C.[2H]C([2H])([2H])C(C)(CC)C(C)(C)C. The van der Waals surface area contributed by atoms with Gasteiger partial charge in [0.05, 0.1) is 0 Å². The van der Waals surface area contributed by atoms with Crippen LogP contribution in [0.15, 0.2) is 0 Å². The molecule has 0 aliphatic carbocycles. The number of hydrogen-bond donors (Lipinski definition) is 0. The van der Waals surface area contributed by atoms with E-state index < -0.39 is 98.6 Å². The van der Waals surface area contributed by atoms with Crippen LogP contribution in [0.1, 0.15) is 373 Å². The van der Waals surface area contributed by atoms with Crippen LogP contribution in [0.2, 0.25) is 0 Å². The van der Waals surface area contributed by atoms with Crippen molar-refractivity contribution in [2.45, 2.75) is 339 Å². The molecule has 0 amide bonds. The van der Waals surface area contributed by atoms with Gasteiger partial charge in [0.2, 0.25) is 0 Å². The lowest BCUT2D eigenvalue weighted by Crippen LogP contribution is -2.41. The molecule has 0 aromatic heterocycles. The highest BCUT2D eigenvalue weighted by Gasteiger charge is 2.42. The average molecular weight is 897 g/mol. The van der Waals surface area contributed by atoms with E-state index in [0.29, 0.717) is 29.1 Å². The van der Waals surface area contributed by atoms with Crippen LogP contribution in [0.25, 0.3) is 0 Å². The number of rotatable bonds is 9. The zero-order valence-corrected chi connectivity index (χ0v) is 48.4. The minimum atomic E-state index is -2.33. The molecule has 0 saturated heterocycles. The molecule has 0 aliphatic heterocycles. The van der Waals surface area contributed by atoms with Gasteiger partial charge in [0.15, 0.2) is 0 Å². The Balaban J connectivity index is -0.000000137. The molecule has 0 radical (unpaired) electrons. The monoisotopic (exact) mass is 896 g/mol. The molecular formula is C61H138. The Morgan fingerprint density at radius 2 is 0.721 bits per heavy atom. The first kappa shape index (κ1) is 36.1. The van der Waals surface area contributed by atoms with E-state index in [0.717, 1.165) is 6.92 Å². The van der Waals surface area contributed by atoms with Gasteiger partial charge in [0, 0.05) is 34.3 Å². The molecule has 0 aromatic carbocycles. The second kappa shape index (κ2) is 36.2.